The Balaban J connectivity index is 1.90. The zero-order chi connectivity index (χ0) is 17.8. The predicted molar refractivity (Wildman–Crippen MR) is 104 cm³/mol. The standard InChI is InChI=1S/C18H17BrN2O3S/c1-3-10-21-17(22)15(11-14-8-9-16(19)24-14)25-18(21)20-12-4-6-13(23-2)7-5-12/h4-9,11H,3,10H2,1-2H3/b15-11+,20-18?. The summed E-state index contributed by atoms with van der Waals surface area (Å²) in [4.78, 5) is 19.6. The van der Waals surface area contributed by atoms with Crippen molar-refractivity contribution in [1.29, 1.82) is 0 Å². The molecule has 1 fully saturated rings. The monoisotopic (exact) mass is 420 g/mol. The summed E-state index contributed by atoms with van der Waals surface area (Å²) in [5, 5.41) is 0.675. The molecule has 1 saturated heterocycles. The number of nitrogens with zero attached hydrogens (tertiary/aromatic N) is 2. The van der Waals surface area contributed by atoms with Gasteiger partial charge in [-0.3, -0.25) is 9.69 Å². The van der Waals surface area contributed by atoms with Crippen LogP contribution in [0.25, 0.3) is 6.08 Å². The maximum Gasteiger partial charge on any atom is 0.266 e. The average molecular weight is 421 g/mol. The van der Waals surface area contributed by atoms with Crippen LogP contribution >= 0.6 is 27.7 Å². The lowest BCUT2D eigenvalue weighted by Gasteiger charge is -2.13. The van der Waals surface area contributed by atoms with Crippen LogP contribution in [-0.2, 0) is 4.79 Å². The Hall–Kier alpha value is -1.99. The highest BCUT2D eigenvalue weighted by atomic mass is 79.9. The molecule has 7 heteroatoms. The molecule has 0 aliphatic carbocycles. The first-order valence-electron chi connectivity index (χ1n) is 7.80. The van der Waals surface area contributed by atoms with E-state index in [4.69, 9.17) is 9.15 Å². The van der Waals surface area contributed by atoms with E-state index in [1.165, 1.54) is 11.8 Å². The Labute approximate surface area is 158 Å². The van der Waals surface area contributed by atoms with Gasteiger partial charge < -0.3 is 9.15 Å². The van der Waals surface area contributed by atoms with Crippen molar-refractivity contribution >= 4 is 50.5 Å². The number of benzene rings is 1. The van der Waals surface area contributed by atoms with Gasteiger partial charge in [-0.2, -0.15) is 0 Å². The molecule has 1 amide bonds. The molecule has 0 atom stereocenters. The molecule has 25 heavy (non-hydrogen) atoms. The van der Waals surface area contributed by atoms with Crippen LogP contribution < -0.4 is 4.74 Å². The van der Waals surface area contributed by atoms with E-state index in [0.29, 0.717) is 27.0 Å². The summed E-state index contributed by atoms with van der Waals surface area (Å²) < 4.78 is 11.3. The number of rotatable bonds is 5. The molecule has 1 aromatic carbocycles. The number of ether oxygens (including phenoxy) is 1. The fourth-order valence-corrected chi connectivity index (χ4v) is 3.64. The second kappa shape index (κ2) is 7.93. The van der Waals surface area contributed by atoms with Crippen LogP contribution in [0.3, 0.4) is 0 Å². The van der Waals surface area contributed by atoms with Crippen LogP contribution in [0.15, 0.2) is 55.4 Å². The highest BCUT2D eigenvalue weighted by molar-refractivity contribution is 9.10. The SMILES string of the molecule is CCCN1C(=O)/C(=C\c2ccc(Br)o2)SC1=Nc1ccc(OC)cc1. The average Bonchev–Trinajstić information content (AvgIpc) is 3.14. The first-order chi connectivity index (χ1) is 12.1. The van der Waals surface area contributed by atoms with Crippen molar-refractivity contribution in [3.63, 3.8) is 0 Å². The van der Waals surface area contributed by atoms with Crippen LogP contribution in [0.4, 0.5) is 5.69 Å². The number of thioether (sulfide) groups is 1. The Morgan fingerprint density at radius 1 is 1.28 bits per heavy atom. The van der Waals surface area contributed by atoms with Crippen molar-refractivity contribution in [2.24, 2.45) is 4.99 Å². The van der Waals surface area contributed by atoms with Crippen molar-refractivity contribution in [3.8, 4) is 5.75 Å². The van der Waals surface area contributed by atoms with Crippen LogP contribution in [0.1, 0.15) is 19.1 Å². The van der Waals surface area contributed by atoms with E-state index < -0.39 is 0 Å². The minimum absolute atomic E-state index is 0.0494. The first kappa shape index (κ1) is 17.8. The van der Waals surface area contributed by atoms with Crippen molar-refractivity contribution < 1.29 is 13.9 Å². The third-order valence-corrected chi connectivity index (χ3v) is 4.93. The highest BCUT2D eigenvalue weighted by Crippen LogP contribution is 2.35. The predicted octanol–water partition coefficient (Wildman–Crippen LogP) is 5.06. The first-order valence-corrected chi connectivity index (χ1v) is 9.41. The zero-order valence-electron chi connectivity index (χ0n) is 13.9. The van der Waals surface area contributed by atoms with E-state index in [0.717, 1.165) is 17.9 Å². The van der Waals surface area contributed by atoms with Gasteiger partial charge in [-0.05, 0) is 70.5 Å². The Morgan fingerprint density at radius 3 is 2.64 bits per heavy atom. The number of carbonyl (C=O) groups excluding carboxylic acids is 1. The molecule has 2 aromatic rings. The lowest BCUT2D eigenvalue weighted by molar-refractivity contribution is -0.122. The molecule has 0 saturated carbocycles. The van der Waals surface area contributed by atoms with Gasteiger partial charge in [0.25, 0.3) is 5.91 Å². The molecule has 0 spiro atoms. The molecule has 0 N–H and O–H groups in total. The van der Waals surface area contributed by atoms with E-state index in [2.05, 4.69) is 20.9 Å². The minimum Gasteiger partial charge on any atom is -0.497 e. The second-order valence-corrected chi connectivity index (χ2v) is 7.09. The third-order valence-electron chi connectivity index (χ3n) is 3.50. The zero-order valence-corrected chi connectivity index (χ0v) is 16.3. The van der Waals surface area contributed by atoms with Crippen molar-refractivity contribution in [1.82, 2.24) is 4.90 Å². The third kappa shape index (κ3) is 4.16. The fourth-order valence-electron chi connectivity index (χ4n) is 2.31. The largest absolute Gasteiger partial charge is 0.497 e. The van der Waals surface area contributed by atoms with Crippen LogP contribution in [0.5, 0.6) is 5.75 Å². The van der Waals surface area contributed by atoms with Gasteiger partial charge >= 0.3 is 0 Å². The molecule has 1 aliphatic heterocycles. The van der Waals surface area contributed by atoms with E-state index in [1.807, 2.05) is 37.3 Å². The van der Waals surface area contributed by atoms with Gasteiger partial charge in [-0.15, -0.1) is 0 Å². The maximum atomic E-state index is 12.7. The molecular formula is C18H17BrN2O3S. The number of amidine groups is 1. The lowest BCUT2D eigenvalue weighted by Crippen LogP contribution is -2.29. The molecule has 130 valence electrons. The Morgan fingerprint density at radius 2 is 2.04 bits per heavy atom. The maximum absolute atomic E-state index is 12.7. The molecule has 1 aromatic heterocycles. The number of methoxy groups -OCH3 is 1. The second-order valence-electron chi connectivity index (χ2n) is 5.30. The minimum atomic E-state index is -0.0494. The van der Waals surface area contributed by atoms with Gasteiger partial charge in [0.05, 0.1) is 17.7 Å². The number of aliphatic imine (C=N–C) groups is 1. The van der Waals surface area contributed by atoms with Gasteiger partial charge in [0.2, 0.25) is 0 Å². The summed E-state index contributed by atoms with van der Waals surface area (Å²) in [6.07, 6.45) is 2.60. The summed E-state index contributed by atoms with van der Waals surface area (Å²) in [6, 6.07) is 11.0. The van der Waals surface area contributed by atoms with Gasteiger partial charge in [0.15, 0.2) is 9.84 Å². The van der Waals surface area contributed by atoms with E-state index in [9.17, 15) is 4.79 Å². The van der Waals surface area contributed by atoms with Crippen LogP contribution in [0, 0.1) is 0 Å². The van der Waals surface area contributed by atoms with Gasteiger partial charge in [0, 0.05) is 12.6 Å². The number of furan rings is 1. The molecule has 0 unspecified atom stereocenters. The van der Waals surface area contributed by atoms with Crippen LogP contribution in [0.2, 0.25) is 0 Å². The van der Waals surface area contributed by atoms with Crippen LogP contribution in [-0.4, -0.2) is 29.6 Å². The lowest BCUT2D eigenvalue weighted by atomic mass is 10.3. The Kier molecular flexibility index (Phi) is 5.65. The van der Waals surface area contributed by atoms with E-state index >= 15 is 0 Å². The summed E-state index contributed by atoms with van der Waals surface area (Å²) in [7, 11) is 1.62. The van der Waals surface area contributed by atoms with Crippen molar-refractivity contribution in [2.75, 3.05) is 13.7 Å². The quantitative estimate of drug-likeness (QED) is 0.633. The summed E-state index contributed by atoms with van der Waals surface area (Å²) in [5.41, 5.74) is 0.777. The van der Waals surface area contributed by atoms with Gasteiger partial charge in [0.1, 0.15) is 11.5 Å². The molecule has 5 nitrogen and oxygen atoms in total. The van der Waals surface area contributed by atoms with Gasteiger partial charge in [-0.25, -0.2) is 4.99 Å². The van der Waals surface area contributed by atoms with Crippen molar-refractivity contribution in [2.45, 2.75) is 13.3 Å². The topological polar surface area (TPSA) is 55.0 Å². The molecule has 2 heterocycles. The van der Waals surface area contributed by atoms with E-state index in [-0.39, 0.29) is 5.91 Å². The van der Waals surface area contributed by atoms with Gasteiger partial charge in [-0.1, -0.05) is 6.92 Å². The number of hydrogen-bond donors (Lipinski definition) is 0. The number of amides is 1. The van der Waals surface area contributed by atoms with Crippen molar-refractivity contribution in [3.05, 3.63) is 51.7 Å². The molecule has 3 rings (SSSR count). The number of halogens is 1. The summed E-state index contributed by atoms with van der Waals surface area (Å²) in [6.45, 7) is 2.66. The molecule has 0 bridgehead atoms. The van der Waals surface area contributed by atoms with E-state index in [1.54, 1.807) is 24.2 Å². The Bertz CT molecular complexity index is 827. The fraction of sp³-hybridized carbons (Fsp3) is 0.222. The molecular weight excluding hydrogens is 404 g/mol. The normalized spacial score (nSPS) is 17.7. The summed E-state index contributed by atoms with van der Waals surface area (Å²) >= 11 is 4.63. The highest BCUT2D eigenvalue weighted by Gasteiger charge is 2.33. The number of carbonyl (C=O) groups is 1. The summed E-state index contributed by atoms with van der Waals surface area (Å²) in [5.74, 6) is 1.35. The molecule has 0 radical (unpaired) electrons. The smallest absolute Gasteiger partial charge is 0.266 e. The molecule has 1 aliphatic rings. The number of hydrogen-bond acceptors (Lipinski definition) is 5.